The molecule has 2 aromatic rings. The van der Waals surface area contributed by atoms with Crippen molar-refractivity contribution in [2.24, 2.45) is 5.84 Å². The van der Waals surface area contributed by atoms with Crippen LogP contribution in [-0.4, -0.2) is 22.7 Å². The predicted molar refractivity (Wildman–Crippen MR) is 72.1 cm³/mol. The van der Waals surface area contributed by atoms with Crippen molar-refractivity contribution in [3.8, 4) is 0 Å². The summed E-state index contributed by atoms with van der Waals surface area (Å²) in [5, 5.41) is 0.599. The third-order valence-corrected chi connectivity index (χ3v) is 3.70. The van der Waals surface area contributed by atoms with E-state index in [1.807, 2.05) is 16.8 Å². The van der Waals surface area contributed by atoms with Crippen LogP contribution in [0.4, 0.5) is 4.39 Å². The fourth-order valence-electron chi connectivity index (χ4n) is 2.69. The highest BCUT2D eigenvalue weighted by atomic mass is 19.1. The normalized spacial score (nSPS) is 22.3. The van der Waals surface area contributed by atoms with E-state index in [1.54, 1.807) is 12.1 Å². The van der Waals surface area contributed by atoms with Gasteiger partial charge in [-0.3, -0.25) is 10.2 Å². The molecule has 1 aliphatic rings. The highest BCUT2D eigenvalue weighted by Crippen LogP contribution is 2.24. The van der Waals surface area contributed by atoms with Crippen LogP contribution in [0.1, 0.15) is 12.8 Å². The van der Waals surface area contributed by atoms with Gasteiger partial charge in [0.15, 0.2) is 0 Å². The Morgan fingerprint density at radius 2 is 2.30 bits per heavy atom. The van der Waals surface area contributed by atoms with Crippen molar-refractivity contribution in [1.82, 2.24) is 9.99 Å². The van der Waals surface area contributed by atoms with Crippen LogP contribution in [0.5, 0.6) is 0 Å². The fourth-order valence-corrected chi connectivity index (χ4v) is 2.69. The smallest absolute Gasteiger partial charge is 0.263 e. The lowest BCUT2D eigenvalue weighted by atomic mass is 10.2. The Kier molecular flexibility index (Phi) is 3.42. The van der Waals surface area contributed by atoms with Crippen molar-refractivity contribution in [2.45, 2.75) is 31.6 Å². The van der Waals surface area contributed by atoms with Gasteiger partial charge in [-0.15, -0.1) is 0 Å². The van der Waals surface area contributed by atoms with Gasteiger partial charge < -0.3 is 9.30 Å². The minimum atomic E-state index is -0.483. The van der Waals surface area contributed by atoms with E-state index in [-0.39, 0.29) is 17.8 Å². The number of hydrogen-bond donors (Lipinski definition) is 2. The fraction of sp³-hybridized carbons (Fsp3) is 0.357. The summed E-state index contributed by atoms with van der Waals surface area (Å²) in [5.41, 5.74) is 2.94. The highest BCUT2D eigenvalue weighted by molar-refractivity contribution is 5.81. The molecular formula is C14H16FN3O2. The van der Waals surface area contributed by atoms with Crippen LogP contribution >= 0.6 is 0 Å². The Labute approximate surface area is 115 Å². The molecule has 1 aliphatic heterocycles. The Hall–Kier alpha value is -1.92. The molecule has 2 unspecified atom stereocenters. The number of hydrazine groups is 1. The van der Waals surface area contributed by atoms with Crippen molar-refractivity contribution in [3.63, 3.8) is 0 Å². The minimum absolute atomic E-state index is 0.0591. The standard InChI is InChI=1S/C14H16FN3O2/c15-11-2-1-3-12-10(11)6-7-18(12)8-9-4-5-13(20-9)14(19)17-16/h1-3,6-7,9,13H,4-5,8,16H2,(H,17,19). The Balaban J connectivity index is 1.75. The zero-order chi connectivity index (χ0) is 14.1. The summed E-state index contributed by atoms with van der Waals surface area (Å²) in [7, 11) is 0. The Bertz CT molecular complexity index is 640. The van der Waals surface area contributed by atoms with Crippen LogP contribution < -0.4 is 11.3 Å². The minimum Gasteiger partial charge on any atom is -0.363 e. The molecule has 2 atom stereocenters. The number of carbonyl (C=O) groups is 1. The second-order valence-electron chi connectivity index (χ2n) is 4.97. The summed E-state index contributed by atoms with van der Waals surface area (Å²) in [6.07, 6.45) is 2.74. The van der Waals surface area contributed by atoms with E-state index in [9.17, 15) is 9.18 Å². The van der Waals surface area contributed by atoms with Gasteiger partial charge in [-0.2, -0.15) is 0 Å². The van der Waals surface area contributed by atoms with Gasteiger partial charge in [-0.25, -0.2) is 10.2 Å². The number of hydrogen-bond acceptors (Lipinski definition) is 3. The molecule has 1 saturated heterocycles. The lowest BCUT2D eigenvalue weighted by Gasteiger charge is -2.14. The highest BCUT2D eigenvalue weighted by Gasteiger charge is 2.30. The maximum absolute atomic E-state index is 13.6. The van der Waals surface area contributed by atoms with Crippen LogP contribution in [0.15, 0.2) is 30.5 Å². The maximum atomic E-state index is 13.6. The molecule has 0 saturated carbocycles. The van der Waals surface area contributed by atoms with Crippen LogP contribution in [-0.2, 0) is 16.1 Å². The molecule has 1 fully saturated rings. The van der Waals surface area contributed by atoms with Crippen LogP contribution in [0.25, 0.3) is 10.9 Å². The van der Waals surface area contributed by atoms with E-state index in [0.29, 0.717) is 18.4 Å². The van der Waals surface area contributed by atoms with Crippen molar-refractivity contribution in [1.29, 1.82) is 0 Å². The topological polar surface area (TPSA) is 69.3 Å². The molecule has 2 heterocycles. The van der Waals surface area contributed by atoms with E-state index in [2.05, 4.69) is 5.43 Å². The summed E-state index contributed by atoms with van der Waals surface area (Å²) in [6.45, 7) is 0.599. The molecule has 0 spiro atoms. The van der Waals surface area contributed by atoms with Gasteiger partial charge in [0.25, 0.3) is 5.91 Å². The molecule has 1 aromatic carbocycles. The van der Waals surface area contributed by atoms with E-state index < -0.39 is 6.10 Å². The van der Waals surface area contributed by atoms with Gasteiger partial charge in [0.05, 0.1) is 11.6 Å². The van der Waals surface area contributed by atoms with Crippen LogP contribution in [0.3, 0.4) is 0 Å². The van der Waals surface area contributed by atoms with Gasteiger partial charge in [-0.1, -0.05) is 6.07 Å². The Morgan fingerprint density at radius 3 is 3.10 bits per heavy atom. The molecule has 6 heteroatoms. The summed E-state index contributed by atoms with van der Waals surface area (Å²) in [5.74, 6) is 4.57. The number of fused-ring (bicyclic) bond motifs is 1. The van der Waals surface area contributed by atoms with E-state index >= 15 is 0 Å². The number of aromatic nitrogens is 1. The van der Waals surface area contributed by atoms with Gasteiger partial charge >= 0.3 is 0 Å². The average Bonchev–Trinajstić information content (AvgIpc) is 3.07. The molecule has 3 rings (SSSR count). The van der Waals surface area contributed by atoms with Gasteiger partial charge in [0.1, 0.15) is 11.9 Å². The first-order valence-corrected chi connectivity index (χ1v) is 6.58. The van der Waals surface area contributed by atoms with E-state index in [1.165, 1.54) is 6.07 Å². The van der Waals surface area contributed by atoms with Crippen molar-refractivity contribution < 1.29 is 13.9 Å². The number of rotatable bonds is 3. The number of carbonyl (C=O) groups excluding carboxylic acids is 1. The molecule has 5 nitrogen and oxygen atoms in total. The first-order chi connectivity index (χ1) is 9.69. The zero-order valence-corrected chi connectivity index (χ0v) is 10.9. The summed E-state index contributed by atoms with van der Waals surface area (Å²) in [4.78, 5) is 11.4. The number of nitrogens with zero attached hydrogens (tertiary/aromatic N) is 1. The molecule has 1 amide bonds. The molecule has 0 aliphatic carbocycles. The second kappa shape index (κ2) is 5.22. The van der Waals surface area contributed by atoms with E-state index in [4.69, 9.17) is 10.6 Å². The number of ether oxygens (including phenoxy) is 1. The molecule has 0 bridgehead atoms. The zero-order valence-electron chi connectivity index (χ0n) is 10.9. The largest absolute Gasteiger partial charge is 0.363 e. The third kappa shape index (κ3) is 2.28. The number of nitrogens with one attached hydrogen (secondary N) is 1. The quantitative estimate of drug-likeness (QED) is 0.505. The lowest BCUT2D eigenvalue weighted by molar-refractivity contribution is -0.132. The third-order valence-electron chi connectivity index (χ3n) is 3.70. The monoisotopic (exact) mass is 277 g/mol. The van der Waals surface area contributed by atoms with Gasteiger partial charge in [0.2, 0.25) is 0 Å². The summed E-state index contributed by atoms with van der Waals surface area (Å²) >= 11 is 0. The van der Waals surface area contributed by atoms with Crippen LogP contribution in [0, 0.1) is 5.82 Å². The summed E-state index contributed by atoms with van der Waals surface area (Å²) in [6, 6.07) is 6.76. The van der Waals surface area contributed by atoms with Crippen molar-refractivity contribution in [3.05, 3.63) is 36.3 Å². The van der Waals surface area contributed by atoms with Crippen molar-refractivity contribution in [2.75, 3.05) is 0 Å². The number of nitrogens with two attached hydrogens (primary N) is 1. The lowest BCUT2D eigenvalue weighted by Crippen LogP contribution is -2.39. The molecule has 106 valence electrons. The Morgan fingerprint density at radius 1 is 1.45 bits per heavy atom. The maximum Gasteiger partial charge on any atom is 0.263 e. The summed E-state index contributed by atoms with van der Waals surface area (Å²) < 4.78 is 21.2. The van der Waals surface area contributed by atoms with Crippen molar-refractivity contribution >= 4 is 16.8 Å². The number of halogens is 1. The molecule has 0 radical (unpaired) electrons. The second-order valence-corrected chi connectivity index (χ2v) is 4.97. The molecule has 3 N–H and O–H groups in total. The van der Waals surface area contributed by atoms with Gasteiger partial charge in [-0.05, 0) is 31.0 Å². The SMILES string of the molecule is NNC(=O)C1CCC(Cn2ccc3c(F)cccc32)O1. The predicted octanol–water partition coefficient (Wildman–Crippen LogP) is 1.32. The number of amides is 1. The molecule has 20 heavy (non-hydrogen) atoms. The van der Waals surface area contributed by atoms with E-state index in [0.717, 1.165) is 11.9 Å². The number of benzene rings is 1. The first-order valence-electron chi connectivity index (χ1n) is 6.58. The van der Waals surface area contributed by atoms with Crippen LogP contribution in [0.2, 0.25) is 0 Å². The van der Waals surface area contributed by atoms with Gasteiger partial charge in [0, 0.05) is 18.1 Å². The molecular weight excluding hydrogens is 261 g/mol. The first kappa shape index (κ1) is 13.1. The average molecular weight is 277 g/mol. The molecule has 1 aromatic heterocycles.